The number of halogens is 2. The van der Waals surface area contributed by atoms with Crippen molar-refractivity contribution in [1.29, 1.82) is 0 Å². The van der Waals surface area contributed by atoms with E-state index < -0.39 is 0 Å². The number of nitrogens with zero attached hydrogens (tertiary/aromatic N) is 3. The van der Waals surface area contributed by atoms with Gasteiger partial charge in [0.05, 0.1) is 0 Å². The zero-order valence-corrected chi connectivity index (χ0v) is 12.2. The molecule has 3 rings (SSSR count). The predicted octanol–water partition coefficient (Wildman–Crippen LogP) is 4.64. The SMILES string of the molecule is Clc1nnc(Cl)c(Oc2ccccc2-c2ccccc2)n1. The molecule has 0 radical (unpaired) electrons. The van der Waals surface area contributed by atoms with Gasteiger partial charge < -0.3 is 4.74 Å². The Balaban J connectivity index is 2.02. The number of para-hydroxylation sites is 1. The van der Waals surface area contributed by atoms with Gasteiger partial charge in [0.15, 0.2) is 0 Å². The number of ether oxygens (including phenoxy) is 1. The van der Waals surface area contributed by atoms with Crippen molar-refractivity contribution in [3.63, 3.8) is 0 Å². The summed E-state index contributed by atoms with van der Waals surface area (Å²) in [5, 5.41) is 7.26. The Morgan fingerprint density at radius 1 is 0.810 bits per heavy atom. The van der Waals surface area contributed by atoms with Crippen molar-refractivity contribution in [2.24, 2.45) is 0 Å². The van der Waals surface area contributed by atoms with Crippen LogP contribution in [0.1, 0.15) is 0 Å². The van der Waals surface area contributed by atoms with Gasteiger partial charge >= 0.3 is 0 Å². The van der Waals surface area contributed by atoms with E-state index in [0.29, 0.717) is 5.75 Å². The van der Waals surface area contributed by atoms with Gasteiger partial charge in [0.25, 0.3) is 5.88 Å². The molecule has 21 heavy (non-hydrogen) atoms. The Hall–Kier alpha value is -2.17. The Morgan fingerprint density at radius 3 is 2.33 bits per heavy atom. The normalized spacial score (nSPS) is 10.4. The average molecular weight is 318 g/mol. The summed E-state index contributed by atoms with van der Waals surface area (Å²) in [6.45, 7) is 0. The van der Waals surface area contributed by atoms with Crippen LogP contribution in [0.4, 0.5) is 0 Å². The highest BCUT2D eigenvalue weighted by Crippen LogP contribution is 2.34. The van der Waals surface area contributed by atoms with Crippen molar-refractivity contribution in [1.82, 2.24) is 15.2 Å². The summed E-state index contributed by atoms with van der Waals surface area (Å²) in [4.78, 5) is 3.94. The Bertz CT molecular complexity index is 766. The first-order valence-electron chi connectivity index (χ1n) is 6.12. The second kappa shape index (κ2) is 6.08. The quantitative estimate of drug-likeness (QED) is 0.706. The third-order valence-corrected chi connectivity index (χ3v) is 3.17. The summed E-state index contributed by atoms with van der Waals surface area (Å²) in [7, 11) is 0. The van der Waals surface area contributed by atoms with Crippen LogP contribution < -0.4 is 4.74 Å². The number of hydrogen-bond acceptors (Lipinski definition) is 4. The van der Waals surface area contributed by atoms with E-state index in [9.17, 15) is 0 Å². The molecule has 0 amide bonds. The highest BCUT2D eigenvalue weighted by molar-refractivity contribution is 6.31. The Kier molecular flexibility index (Phi) is 3.99. The summed E-state index contributed by atoms with van der Waals surface area (Å²) in [5.74, 6) is 0.738. The minimum atomic E-state index is -0.0217. The summed E-state index contributed by atoms with van der Waals surface area (Å²) in [6.07, 6.45) is 0. The van der Waals surface area contributed by atoms with Gasteiger partial charge in [-0.15, -0.1) is 10.2 Å². The highest BCUT2D eigenvalue weighted by atomic mass is 35.5. The lowest BCUT2D eigenvalue weighted by Crippen LogP contribution is -1.96. The van der Waals surface area contributed by atoms with E-state index in [1.807, 2.05) is 54.6 Å². The van der Waals surface area contributed by atoms with Crippen LogP contribution in [0.3, 0.4) is 0 Å². The first-order valence-corrected chi connectivity index (χ1v) is 6.87. The molecular formula is C15H9Cl2N3O. The van der Waals surface area contributed by atoms with Crippen LogP contribution in [-0.4, -0.2) is 15.2 Å². The van der Waals surface area contributed by atoms with Crippen molar-refractivity contribution >= 4 is 23.2 Å². The molecule has 0 aliphatic heterocycles. The molecule has 3 aromatic rings. The van der Waals surface area contributed by atoms with Gasteiger partial charge in [-0.1, -0.05) is 60.1 Å². The van der Waals surface area contributed by atoms with Gasteiger partial charge in [0, 0.05) is 5.56 Å². The monoisotopic (exact) mass is 317 g/mol. The molecule has 2 aromatic carbocycles. The lowest BCUT2D eigenvalue weighted by Gasteiger charge is -2.10. The van der Waals surface area contributed by atoms with E-state index >= 15 is 0 Å². The molecule has 0 spiro atoms. The maximum absolute atomic E-state index is 5.92. The lowest BCUT2D eigenvalue weighted by molar-refractivity contribution is 0.459. The lowest BCUT2D eigenvalue weighted by atomic mass is 10.1. The second-order valence-corrected chi connectivity index (χ2v) is 4.84. The second-order valence-electron chi connectivity index (χ2n) is 4.14. The van der Waals surface area contributed by atoms with Gasteiger partial charge in [-0.05, 0) is 23.2 Å². The standard InChI is InChI=1S/C15H9Cl2N3O/c16-13-14(18-15(17)20-19-13)21-12-9-5-4-8-11(12)10-6-2-1-3-7-10/h1-9H. The van der Waals surface area contributed by atoms with E-state index in [0.717, 1.165) is 11.1 Å². The summed E-state index contributed by atoms with van der Waals surface area (Å²) in [6, 6.07) is 17.4. The molecular weight excluding hydrogens is 309 g/mol. The summed E-state index contributed by atoms with van der Waals surface area (Å²) in [5.41, 5.74) is 1.95. The first kappa shape index (κ1) is 13.8. The van der Waals surface area contributed by atoms with E-state index in [1.54, 1.807) is 0 Å². The maximum atomic E-state index is 5.92. The molecule has 6 heteroatoms. The molecule has 4 nitrogen and oxygen atoms in total. The van der Waals surface area contributed by atoms with Gasteiger partial charge in [-0.2, -0.15) is 4.98 Å². The highest BCUT2D eigenvalue weighted by Gasteiger charge is 2.12. The van der Waals surface area contributed by atoms with Crippen LogP contribution in [0.25, 0.3) is 11.1 Å². The third kappa shape index (κ3) is 3.12. The molecule has 0 bridgehead atoms. The molecule has 0 N–H and O–H groups in total. The van der Waals surface area contributed by atoms with E-state index in [1.165, 1.54) is 0 Å². The Labute approximate surface area is 131 Å². The number of hydrogen-bond donors (Lipinski definition) is 0. The van der Waals surface area contributed by atoms with E-state index in [2.05, 4.69) is 15.2 Å². The van der Waals surface area contributed by atoms with Crippen molar-refractivity contribution in [2.45, 2.75) is 0 Å². The number of rotatable bonds is 3. The molecule has 0 saturated carbocycles. The molecule has 0 saturated heterocycles. The predicted molar refractivity (Wildman–Crippen MR) is 81.8 cm³/mol. The van der Waals surface area contributed by atoms with E-state index in [4.69, 9.17) is 27.9 Å². The fourth-order valence-corrected chi connectivity index (χ4v) is 2.09. The molecule has 0 fully saturated rings. The van der Waals surface area contributed by atoms with Gasteiger partial charge in [0.1, 0.15) is 5.75 Å². The average Bonchev–Trinajstić information content (AvgIpc) is 2.52. The summed E-state index contributed by atoms with van der Waals surface area (Å²) >= 11 is 11.6. The molecule has 0 aliphatic rings. The van der Waals surface area contributed by atoms with Crippen LogP contribution in [0.2, 0.25) is 10.4 Å². The van der Waals surface area contributed by atoms with Crippen LogP contribution >= 0.6 is 23.2 Å². The van der Waals surface area contributed by atoms with Crippen molar-refractivity contribution in [2.75, 3.05) is 0 Å². The largest absolute Gasteiger partial charge is 0.436 e. The van der Waals surface area contributed by atoms with Crippen molar-refractivity contribution in [3.8, 4) is 22.8 Å². The molecule has 0 aliphatic carbocycles. The fourth-order valence-electron chi connectivity index (χ4n) is 1.86. The van der Waals surface area contributed by atoms with Gasteiger partial charge in [-0.25, -0.2) is 0 Å². The van der Waals surface area contributed by atoms with Crippen molar-refractivity contribution in [3.05, 3.63) is 65.0 Å². The maximum Gasteiger partial charge on any atom is 0.262 e. The molecule has 0 unspecified atom stereocenters. The summed E-state index contributed by atoms with van der Waals surface area (Å²) < 4.78 is 5.75. The minimum absolute atomic E-state index is 0.0217. The first-order chi connectivity index (χ1) is 10.2. The zero-order chi connectivity index (χ0) is 14.7. The Morgan fingerprint density at radius 2 is 1.52 bits per heavy atom. The van der Waals surface area contributed by atoms with Crippen LogP contribution in [0, 0.1) is 0 Å². The molecule has 0 atom stereocenters. The number of benzene rings is 2. The molecule has 1 aromatic heterocycles. The van der Waals surface area contributed by atoms with Crippen LogP contribution in [-0.2, 0) is 0 Å². The van der Waals surface area contributed by atoms with Gasteiger partial charge in [0.2, 0.25) is 10.4 Å². The topological polar surface area (TPSA) is 47.9 Å². The van der Waals surface area contributed by atoms with E-state index in [-0.39, 0.29) is 16.3 Å². The zero-order valence-electron chi connectivity index (χ0n) is 10.7. The van der Waals surface area contributed by atoms with Crippen LogP contribution in [0.5, 0.6) is 11.6 Å². The smallest absolute Gasteiger partial charge is 0.262 e. The third-order valence-electron chi connectivity index (χ3n) is 2.77. The fraction of sp³-hybridized carbons (Fsp3) is 0. The van der Waals surface area contributed by atoms with Crippen molar-refractivity contribution < 1.29 is 4.74 Å². The molecule has 1 heterocycles. The molecule has 104 valence electrons. The minimum Gasteiger partial charge on any atom is -0.436 e. The number of aromatic nitrogens is 3. The van der Waals surface area contributed by atoms with Crippen LogP contribution in [0.15, 0.2) is 54.6 Å². The van der Waals surface area contributed by atoms with Gasteiger partial charge in [-0.3, -0.25) is 0 Å².